The SMILES string of the molecule is COC(=O)C(c1ccccc1)C1(SC(C)(C)C)C(=O)N(c2ccc(OC)cc2)C1c1ccccc1. The molecule has 0 aliphatic carbocycles. The van der Waals surface area contributed by atoms with Crippen LogP contribution in [0, 0.1) is 0 Å². The van der Waals surface area contributed by atoms with E-state index in [0.29, 0.717) is 5.75 Å². The van der Waals surface area contributed by atoms with E-state index in [1.54, 1.807) is 12.0 Å². The van der Waals surface area contributed by atoms with Gasteiger partial charge in [0.25, 0.3) is 0 Å². The van der Waals surface area contributed by atoms with E-state index in [9.17, 15) is 9.59 Å². The number of methoxy groups -OCH3 is 2. The number of esters is 1. The van der Waals surface area contributed by atoms with Crippen molar-refractivity contribution in [3.05, 3.63) is 96.1 Å². The fourth-order valence-corrected chi connectivity index (χ4v) is 6.76. The van der Waals surface area contributed by atoms with Gasteiger partial charge in [0.05, 0.1) is 20.3 Å². The largest absolute Gasteiger partial charge is 0.497 e. The van der Waals surface area contributed by atoms with Gasteiger partial charge in [-0.05, 0) is 35.4 Å². The van der Waals surface area contributed by atoms with Crippen LogP contribution in [0.25, 0.3) is 0 Å². The quantitative estimate of drug-likeness (QED) is 0.300. The van der Waals surface area contributed by atoms with Gasteiger partial charge in [-0.15, -0.1) is 11.8 Å². The normalized spacial score (nSPS) is 20.7. The van der Waals surface area contributed by atoms with Crippen LogP contribution in [0.5, 0.6) is 5.75 Å². The molecule has 0 bridgehead atoms. The number of amides is 1. The summed E-state index contributed by atoms with van der Waals surface area (Å²) in [7, 11) is 3.00. The number of benzene rings is 3. The van der Waals surface area contributed by atoms with Gasteiger partial charge in [0, 0.05) is 10.4 Å². The number of anilines is 1. The Hall–Kier alpha value is -3.25. The summed E-state index contributed by atoms with van der Waals surface area (Å²) in [5.74, 6) is -0.609. The first-order valence-corrected chi connectivity index (χ1v) is 12.4. The molecule has 5 nitrogen and oxygen atoms in total. The van der Waals surface area contributed by atoms with Gasteiger partial charge in [0.1, 0.15) is 16.4 Å². The number of nitrogens with zero attached hydrogens (tertiary/aromatic N) is 1. The number of carbonyl (C=O) groups excluding carboxylic acids is 2. The van der Waals surface area contributed by atoms with Crippen LogP contribution in [0.4, 0.5) is 5.69 Å². The van der Waals surface area contributed by atoms with Crippen molar-refractivity contribution < 1.29 is 19.1 Å². The van der Waals surface area contributed by atoms with Crippen LogP contribution in [0.15, 0.2) is 84.9 Å². The van der Waals surface area contributed by atoms with E-state index in [1.807, 2.05) is 84.9 Å². The summed E-state index contributed by atoms with van der Waals surface area (Å²) in [6, 6.07) is 26.5. The minimum absolute atomic E-state index is 0.115. The van der Waals surface area contributed by atoms with Crippen molar-refractivity contribution in [2.24, 2.45) is 0 Å². The summed E-state index contributed by atoms with van der Waals surface area (Å²) in [4.78, 5) is 29.7. The van der Waals surface area contributed by atoms with E-state index in [1.165, 1.54) is 18.9 Å². The molecule has 35 heavy (non-hydrogen) atoms. The van der Waals surface area contributed by atoms with E-state index in [0.717, 1.165) is 16.8 Å². The monoisotopic (exact) mass is 489 g/mol. The van der Waals surface area contributed by atoms with Crippen LogP contribution in [-0.4, -0.2) is 35.6 Å². The average Bonchev–Trinajstić information content (AvgIpc) is 2.86. The summed E-state index contributed by atoms with van der Waals surface area (Å²) in [6.07, 6.45) is 0. The van der Waals surface area contributed by atoms with Crippen molar-refractivity contribution in [1.82, 2.24) is 0 Å². The molecule has 0 aromatic heterocycles. The third kappa shape index (κ3) is 4.55. The second-order valence-electron chi connectivity index (χ2n) is 9.56. The van der Waals surface area contributed by atoms with Gasteiger partial charge in [0.15, 0.2) is 0 Å². The van der Waals surface area contributed by atoms with Gasteiger partial charge in [0.2, 0.25) is 5.91 Å². The van der Waals surface area contributed by atoms with Gasteiger partial charge in [-0.25, -0.2) is 0 Å². The second-order valence-corrected chi connectivity index (χ2v) is 11.7. The van der Waals surface area contributed by atoms with E-state index in [2.05, 4.69) is 20.8 Å². The first-order valence-electron chi connectivity index (χ1n) is 11.6. The van der Waals surface area contributed by atoms with Gasteiger partial charge >= 0.3 is 5.97 Å². The van der Waals surface area contributed by atoms with Gasteiger partial charge < -0.3 is 14.4 Å². The molecule has 3 atom stereocenters. The van der Waals surface area contributed by atoms with Crippen LogP contribution in [0.3, 0.4) is 0 Å². The Morgan fingerprint density at radius 2 is 1.49 bits per heavy atom. The van der Waals surface area contributed by atoms with Crippen molar-refractivity contribution in [2.75, 3.05) is 19.1 Å². The Labute approximate surface area is 211 Å². The van der Waals surface area contributed by atoms with Gasteiger partial charge in [-0.2, -0.15) is 0 Å². The second kappa shape index (κ2) is 9.78. The molecule has 4 rings (SSSR count). The molecular formula is C29H31NO4S. The molecule has 1 aliphatic heterocycles. The van der Waals surface area contributed by atoms with Crippen molar-refractivity contribution >= 4 is 29.3 Å². The molecule has 182 valence electrons. The van der Waals surface area contributed by atoms with Crippen molar-refractivity contribution in [3.8, 4) is 5.75 Å². The first kappa shape index (κ1) is 24.9. The maximum atomic E-state index is 14.4. The van der Waals surface area contributed by atoms with Crippen molar-refractivity contribution in [1.29, 1.82) is 0 Å². The van der Waals surface area contributed by atoms with Gasteiger partial charge in [-0.1, -0.05) is 81.4 Å². The molecule has 3 unspecified atom stereocenters. The van der Waals surface area contributed by atoms with Gasteiger partial charge in [-0.3, -0.25) is 9.59 Å². The summed E-state index contributed by atoms with van der Waals surface area (Å²) < 4.78 is 9.23. The van der Waals surface area contributed by atoms with E-state index in [-0.39, 0.29) is 10.7 Å². The molecule has 0 radical (unpaired) electrons. The zero-order valence-electron chi connectivity index (χ0n) is 20.7. The summed E-state index contributed by atoms with van der Waals surface area (Å²) in [5.41, 5.74) is 2.48. The molecule has 1 fully saturated rings. The molecule has 0 saturated carbocycles. The molecule has 0 N–H and O–H groups in total. The van der Waals surface area contributed by atoms with Crippen molar-refractivity contribution in [2.45, 2.75) is 42.2 Å². The molecule has 3 aromatic carbocycles. The number of hydrogen-bond donors (Lipinski definition) is 0. The lowest BCUT2D eigenvalue weighted by Gasteiger charge is -2.59. The standard InChI is InChI=1S/C29H31NO4S/c1-28(2,3)35-29(24(26(31)34-5)20-12-8-6-9-13-20)25(21-14-10-7-11-15-21)30(27(29)32)22-16-18-23(33-4)19-17-22/h6-19,24-25H,1-5H3. The Kier molecular flexibility index (Phi) is 6.95. The van der Waals surface area contributed by atoms with E-state index < -0.39 is 22.7 Å². The lowest BCUT2D eigenvalue weighted by molar-refractivity contribution is -0.147. The maximum absolute atomic E-state index is 14.4. The van der Waals surface area contributed by atoms with Crippen LogP contribution in [0.2, 0.25) is 0 Å². The average molecular weight is 490 g/mol. The fraction of sp³-hybridized carbons (Fsp3) is 0.310. The molecule has 1 aliphatic rings. The number of carbonyl (C=O) groups is 2. The zero-order valence-corrected chi connectivity index (χ0v) is 21.5. The predicted molar refractivity (Wildman–Crippen MR) is 141 cm³/mol. The zero-order chi connectivity index (χ0) is 25.2. The van der Waals surface area contributed by atoms with E-state index >= 15 is 0 Å². The molecule has 0 spiro atoms. The number of hydrogen-bond acceptors (Lipinski definition) is 5. The minimum atomic E-state index is -1.10. The highest BCUT2D eigenvalue weighted by Crippen LogP contribution is 2.62. The fourth-order valence-electron chi connectivity index (χ4n) is 4.86. The third-order valence-electron chi connectivity index (χ3n) is 6.16. The molecule has 3 aromatic rings. The lowest BCUT2D eigenvalue weighted by atomic mass is 9.70. The summed E-state index contributed by atoms with van der Waals surface area (Å²) >= 11 is 1.54. The van der Waals surface area contributed by atoms with Crippen LogP contribution in [-0.2, 0) is 14.3 Å². The number of rotatable bonds is 7. The smallest absolute Gasteiger partial charge is 0.315 e. The topological polar surface area (TPSA) is 55.8 Å². The van der Waals surface area contributed by atoms with Crippen LogP contribution >= 0.6 is 11.8 Å². The summed E-state index contributed by atoms with van der Waals surface area (Å²) in [6.45, 7) is 6.22. The Morgan fingerprint density at radius 3 is 2.00 bits per heavy atom. The lowest BCUT2D eigenvalue weighted by Crippen LogP contribution is -2.71. The molecule has 1 saturated heterocycles. The molecular weight excluding hydrogens is 458 g/mol. The Balaban J connectivity index is 1.96. The highest BCUT2D eigenvalue weighted by Gasteiger charge is 2.69. The number of β-lactam (4-membered cyclic amide) rings is 1. The number of ether oxygens (including phenoxy) is 2. The van der Waals surface area contributed by atoms with E-state index in [4.69, 9.17) is 9.47 Å². The highest BCUT2D eigenvalue weighted by atomic mass is 32.2. The third-order valence-corrected chi connectivity index (χ3v) is 7.74. The molecule has 1 heterocycles. The molecule has 1 amide bonds. The minimum Gasteiger partial charge on any atom is -0.497 e. The Morgan fingerprint density at radius 1 is 0.914 bits per heavy atom. The maximum Gasteiger partial charge on any atom is 0.315 e. The molecule has 6 heteroatoms. The van der Waals surface area contributed by atoms with Crippen LogP contribution < -0.4 is 9.64 Å². The number of thioether (sulfide) groups is 1. The highest BCUT2D eigenvalue weighted by molar-refractivity contribution is 8.03. The Bertz CT molecular complexity index is 1170. The van der Waals surface area contributed by atoms with Crippen molar-refractivity contribution in [3.63, 3.8) is 0 Å². The first-order chi connectivity index (χ1) is 16.7. The summed E-state index contributed by atoms with van der Waals surface area (Å²) in [5, 5.41) is 0. The predicted octanol–water partition coefficient (Wildman–Crippen LogP) is 6.01. The van der Waals surface area contributed by atoms with Crippen LogP contribution in [0.1, 0.15) is 43.9 Å².